The predicted molar refractivity (Wildman–Crippen MR) is 111 cm³/mol. The maximum Gasteiger partial charge on any atom is 0.300 e. The van der Waals surface area contributed by atoms with E-state index in [1.807, 2.05) is 0 Å². The highest BCUT2D eigenvalue weighted by atomic mass is 19.1. The summed E-state index contributed by atoms with van der Waals surface area (Å²) in [7, 11) is 0. The van der Waals surface area contributed by atoms with E-state index in [0.29, 0.717) is 36.8 Å². The van der Waals surface area contributed by atoms with Crippen LogP contribution in [0.4, 0.5) is 4.39 Å². The largest absolute Gasteiger partial charge is 0.353 e. The fraction of sp³-hybridized carbons (Fsp3) is 0.455. The van der Waals surface area contributed by atoms with Gasteiger partial charge in [-0.2, -0.15) is 0 Å². The van der Waals surface area contributed by atoms with Crippen molar-refractivity contribution in [3.63, 3.8) is 0 Å². The fourth-order valence-electron chi connectivity index (χ4n) is 4.07. The average molecular weight is 411 g/mol. The molecule has 1 fully saturated rings. The first-order chi connectivity index (χ1) is 14.6. The first kappa shape index (κ1) is 20.3. The normalized spacial score (nSPS) is 15.2. The Hall–Kier alpha value is -3.03. The number of amides is 1. The van der Waals surface area contributed by atoms with E-state index in [9.17, 15) is 14.0 Å². The Morgan fingerprint density at radius 1 is 1.13 bits per heavy atom. The van der Waals surface area contributed by atoms with Gasteiger partial charge in [0.15, 0.2) is 0 Å². The summed E-state index contributed by atoms with van der Waals surface area (Å²) in [5.74, 6) is 0.295. The van der Waals surface area contributed by atoms with E-state index in [2.05, 4.69) is 15.5 Å². The Morgan fingerprint density at radius 3 is 2.70 bits per heavy atom. The Kier molecular flexibility index (Phi) is 6.21. The Bertz CT molecular complexity index is 1080. The van der Waals surface area contributed by atoms with Gasteiger partial charge < -0.3 is 5.32 Å². The first-order valence-electron chi connectivity index (χ1n) is 10.6. The Labute approximate surface area is 173 Å². The number of hydrogen-bond donors (Lipinski definition) is 1. The smallest absolute Gasteiger partial charge is 0.300 e. The third-order valence-corrected chi connectivity index (χ3v) is 5.65. The number of hydrogen-bond acceptors (Lipinski definition) is 4. The monoisotopic (exact) mass is 411 g/mol. The van der Waals surface area contributed by atoms with Gasteiger partial charge in [-0.1, -0.05) is 31.7 Å². The minimum absolute atomic E-state index is 0.0733. The van der Waals surface area contributed by atoms with Crippen molar-refractivity contribution >= 4 is 11.6 Å². The van der Waals surface area contributed by atoms with Crippen molar-refractivity contribution in [2.45, 2.75) is 63.8 Å². The topological polar surface area (TPSA) is 81.3 Å². The van der Waals surface area contributed by atoms with E-state index < -0.39 is 5.82 Å². The van der Waals surface area contributed by atoms with Crippen LogP contribution in [0.2, 0.25) is 0 Å². The van der Waals surface area contributed by atoms with Crippen LogP contribution in [-0.4, -0.2) is 31.1 Å². The molecule has 1 aliphatic rings. The molecule has 0 atom stereocenters. The molecular weight excluding hydrogens is 385 g/mol. The summed E-state index contributed by atoms with van der Waals surface area (Å²) in [6.45, 7) is 0. The third kappa shape index (κ3) is 4.58. The van der Waals surface area contributed by atoms with Gasteiger partial charge in [-0.15, -0.1) is 10.2 Å². The number of carbonyl (C=O) groups excluding carboxylic acids is 1. The number of benzene rings is 1. The Balaban J connectivity index is 1.40. The molecule has 3 aromatic rings. The van der Waals surface area contributed by atoms with Crippen LogP contribution >= 0.6 is 0 Å². The first-order valence-corrected chi connectivity index (χ1v) is 10.6. The van der Waals surface area contributed by atoms with Crippen molar-refractivity contribution < 1.29 is 9.18 Å². The number of aromatic nitrogens is 4. The van der Waals surface area contributed by atoms with Gasteiger partial charge in [0.1, 0.15) is 11.6 Å². The molecule has 4 rings (SSSR count). The van der Waals surface area contributed by atoms with Crippen LogP contribution in [0.15, 0.2) is 41.5 Å². The molecule has 2 heterocycles. The van der Waals surface area contributed by atoms with Gasteiger partial charge in [0.2, 0.25) is 11.6 Å². The second kappa shape index (κ2) is 9.19. The van der Waals surface area contributed by atoms with Gasteiger partial charge in [-0.3, -0.25) is 18.6 Å². The highest BCUT2D eigenvalue weighted by molar-refractivity contribution is 5.76. The van der Waals surface area contributed by atoms with E-state index in [0.717, 1.165) is 12.8 Å². The van der Waals surface area contributed by atoms with Gasteiger partial charge in [0.25, 0.3) is 0 Å². The zero-order valence-corrected chi connectivity index (χ0v) is 16.9. The van der Waals surface area contributed by atoms with Crippen molar-refractivity contribution in [1.82, 2.24) is 24.5 Å². The van der Waals surface area contributed by atoms with Crippen molar-refractivity contribution in [3.05, 3.63) is 58.7 Å². The molecule has 8 heteroatoms. The molecule has 1 aromatic carbocycles. The number of fused-ring (bicyclic) bond motifs is 1. The SMILES string of the molecule is O=C(CCCc1nnc2c(=O)n(-c3cccc(F)c3)ccn12)NC1CCCCCC1. The van der Waals surface area contributed by atoms with Gasteiger partial charge in [-0.05, 0) is 37.5 Å². The van der Waals surface area contributed by atoms with E-state index in [1.165, 1.54) is 42.4 Å². The van der Waals surface area contributed by atoms with Crippen molar-refractivity contribution in [1.29, 1.82) is 0 Å². The molecule has 30 heavy (non-hydrogen) atoms. The lowest BCUT2D eigenvalue weighted by atomic mass is 10.1. The summed E-state index contributed by atoms with van der Waals surface area (Å²) in [6, 6.07) is 6.13. The van der Waals surface area contributed by atoms with Crippen LogP contribution in [0, 0.1) is 5.82 Å². The zero-order chi connectivity index (χ0) is 20.9. The molecule has 0 saturated heterocycles. The van der Waals surface area contributed by atoms with Gasteiger partial charge in [0.05, 0.1) is 5.69 Å². The van der Waals surface area contributed by atoms with Crippen molar-refractivity contribution in [2.24, 2.45) is 0 Å². The van der Waals surface area contributed by atoms with Gasteiger partial charge in [0, 0.05) is 31.3 Å². The molecule has 1 N–H and O–H groups in total. The number of carbonyl (C=O) groups is 1. The molecule has 2 aromatic heterocycles. The fourth-order valence-corrected chi connectivity index (χ4v) is 4.07. The minimum atomic E-state index is -0.413. The molecule has 1 amide bonds. The van der Waals surface area contributed by atoms with Crippen molar-refractivity contribution in [3.8, 4) is 5.69 Å². The molecule has 0 radical (unpaired) electrons. The number of halogens is 1. The third-order valence-electron chi connectivity index (χ3n) is 5.65. The summed E-state index contributed by atoms with van der Waals surface area (Å²) in [5.41, 5.74) is 0.245. The lowest BCUT2D eigenvalue weighted by Gasteiger charge is -2.16. The Morgan fingerprint density at radius 2 is 1.93 bits per heavy atom. The lowest BCUT2D eigenvalue weighted by Crippen LogP contribution is -2.34. The minimum Gasteiger partial charge on any atom is -0.353 e. The zero-order valence-electron chi connectivity index (χ0n) is 16.9. The van der Waals surface area contributed by atoms with Gasteiger partial charge in [-0.25, -0.2) is 4.39 Å². The summed E-state index contributed by atoms with van der Waals surface area (Å²) < 4.78 is 16.5. The number of aryl methyl sites for hydroxylation is 1. The maximum absolute atomic E-state index is 13.5. The molecule has 0 unspecified atom stereocenters. The van der Waals surface area contributed by atoms with Crippen LogP contribution in [0.1, 0.15) is 57.2 Å². The molecule has 1 aliphatic carbocycles. The molecule has 1 saturated carbocycles. The highest BCUT2D eigenvalue weighted by Gasteiger charge is 2.16. The van der Waals surface area contributed by atoms with Crippen LogP contribution in [0.25, 0.3) is 11.3 Å². The van der Waals surface area contributed by atoms with E-state index in [4.69, 9.17) is 0 Å². The standard InChI is InChI=1S/C22H26FN5O2/c23-16-7-5-10-18(15-16)27-13-14-28-19(25-26-21(28)22(27)30)11-6-12-20(29)24-17-8-3-1-2-4-9-17/h5,7,10,13-15,17H,1-4,6,8-9,11-12H2,(H,24,29). The van der Waals surface area contributed by atoms with Crippen LogP contribution < -0.4 is 10.9 Å². The van der Waals surface area contributed by atoms with E-state index >= 15 is 0 Å². The van der Waals surface area contributed by atoms with E-state index in [1.54, 1.807) is 28.9 Å². The quantitative estimate of drug-likeness (QED) is 0.632. The van der Waals surface area contributed by atoms with Crippen LogP contribution in [0.5, 0.6) is 0 Å². The number of nitrogens with zero attached hydrogens (tertiary/aromatic N) is 4. The number of rotatable bonds is 6. The molecule has 0 aliphatic heterocycles. The predicted octanol–water partition coefficient (Wildman–Crippen LogP) is 3.18. The number of nitrogens with one attached hydrogen (secondary N) is 1. The highest BCUT2D eigenvalue weighted by Crippen LogP contribution is 2.17. The van der Waals surface area contributed by atoms with Crippen LogP contribution in [0.3, 0.4) is 0 Å². The van der Waals surface area contributed by atoms with Gasteiger partial charge >= 0.3 is 5.56 Å². The second-order valence-electron chi connectivity index (χ2n) is 7.87. The summed E-state index contributed by atoms with van der Waals surface area (Å²) in [5, 5.41) is 11.3. The second-order valence-corrected chi connectivity index (χ2v) is 7.87. The van der Waals surface area contributed by atoms with Crippen molar-refractivity contribution in [2.75, 3.05) is 0 Å². The molecule has 158 valence electrons. The summed E-state index contributed by atoms with van der Waals surface area (Å²) >= 11 is 0. The molecular formula is C22H26FN5O2. The maximum atomic E-state index is 13.5. The summed E-state index contributed by atoms with van der Waals surface area (Å²) in [4.78, 5) is 25.0. The van der Waals surface area contributed by atoms with E-state index in [-0.39, 0.29) is 17.1 Å². The average Bonchev–Trinajstić information content (AvgIpc) is 2.97. The molecule has 0 bridgehead atoms. The molecule has 7 nitrogen and oxygen atoms in total. The molecule has 0 spiro atoms. The van der Waals surface area contributed by atoms with Crippen LogP contribution in [-0.2, 0) is 11.2 Å². The lowest BCUT2D eigenvalue weighted by molar-refractivity contribution is -0.122. The summed E-state index contributed by atoms with van der Waals surface area (Å²) in [6.07, 6.45) is 11.9.